The molecule has 5 rings (SSSR count). The second-order valence-corrected chi connectivity index (χ2v) is 10.5. The normalized spacial score (nSPS) is 21.2. The van der Waals surface area contributed by atoms with Crippen LogP contribution in [-0.2, 0) is 30.8 Å². The largest absolute Gasteiger partial charge is 0.304 e. The molecule has 0 radical (unpaired) electrons. The molecular weight excluding hydrogens is 443 g/mol. The maximum Gasteiger partial charge on any atom is 0.274 e. The number of halogens is 1. The molecule has 0 unspecified atom stereocenters. The number of sulfone groups is 1. The highest BCUT2D eigenvalue weighted by atomic mass is 32.2. The van der Waals surface area contributed by atoms with E-state index in [1.54, 1.807) is 31.2 Å². The number of amides is 2. The van der Waals surface area contributed by atoms with Crippen LogP contribution in [0.4, 0.5) is 15.8 Å². The zero-order valence-corrected chi connectivity index (χ0v) is 18.9. The number of carbonyl (C=O) groups is 2. The second-order valence-electron chi connectivity index (χ2n) is 8.40. The summed E-state index contributed by atoms with van der Waals surface area (Å²) in [5.74, 6) is -2.92. The third-order valence-corrected chi connectivity index (χ3v) is 8.53. The minimum atomic E-state index is -4.29. The van der Waals surface area contributed by atoms with Crippen LogP contribution >= 0.6 is 0 Å². The van der Waals surface area contributed by atoms with Crippen LogP contribution in [0.15, 0.2) is 66.7 Å². The first-order valence-electron chi connectivity index (χ1n) is 10.5. The molecule has 8 heteroatoms. The van der Waals surface area contributed by atoms with Gasteiger partial charge in [-0.25, -0.2) is 12.8 Å². The Balaban J connectivity index is 1.75. The molecule has 1 saturated heterocycles. The first-order chi connectivity index (χ1) is 15.7. The van der Waals surface area contributed by atoms with Crippen molar-refractivity contribution in [1.82, 2.24) is 0 Å². The lowest BCUT2D eigenvalue weighted by Gasteiger charge is -2.32. The molecule has 168 valence electrons. The Kier molecular flexibility index (Phi) is 4.68. The molecule has 2 aliphatic heterocycles. The Hall–Kier alpha value is -3.52. The Labute approximate surface area is 191 Å². The summed E-state index contributed by atoms with van der Waals surface area (Å²) < 4.78 is 41.6. The Bertz CT molecular complexity index is 1440. The van der Waals surface area contributed by atoms with Gasteiger partial charge in [0.1, 0.15) is 11.6 Å². The molecule has 0 N–H and O–H groups in total. The van der Waals surface area contributed by atoms with Crippen LogP contribution < -0.4 is 9.80 Å². The number of anilines is 2. The molecule has 2 heterocycles. The van der Waals surface area contributed by atoms with E-state index in [0.29, 0.717) is 11.3 Å². The van der Waals surface area contributed by atoms with Crippen molar-refractivity contribution in [2.75, 3.05) is 15.6 Å². The smallest absolute Gasteiger partial charge is 0.274 e. The summed E-state index contributed by atoms with van der Waals surface area (Å²) in [4.78, 5) is 27.2. The predicted molar refractivity (Wildman–Crippen MR) is 123 cm³/mol. The van der Waals surface area contributed by atoms with Crippen LogP contribution in [-0.4, -0.2) is 26.0 Å². The molecule has 0 saturated carbocycles. The van der Waals surface area contributed by atoms with E-state index in [2.05, 4.69) is 0 Å². The minimum Gasteiger partial charge on any atom is -0.304 e. The van der Waals surface area contributed by atoms with Crippen molar-refractivity contribution in [2.24, 2.45) is 0 Å². The molecule has 1 spiro atoms. The third kappa shape index (κ3) is 2.87. The van der Waals surface area contributed by atoms with Crippen molar-refractivity contribution >= 4 is 33.0 Å². The second kappa shape index (κ2) is 7.25. The van der Waals surface area contributed by atoms with Gasteiger partial charge in [-0.2, -0.15) is 0 Å². The Morgan fingerprint density at radius 2 is 1.64 bits per heavy atom. The minimum absolute atomic E-state index is 0.0325. The highest BCUT2D eigenvalue weighted by Crippen LogP contribution is 2.52. The molecule has 6 nitrogen and oxygen atoms in total. The molecule has 1 atom stereocenters. The van der Waals surface area contributed by atoms with E-state index in [-0.39, 0.29) is 17.8 Å². The average molecular weight is 465 g/mol. The fourth-order valence-electron chi connectivity index (χ4n) is 4.73. The molecule has 3 aromatic rings. The first kappa shape index (κ1) is 21.3. The van der Waals surface area contributed by atoms with Crippen molar-refractivity contribution in [3.8, 4) is 0 Å². The number of para-hydroxylation sites is 1. The quantitative estimate of drug-likeness (QED) is 0.594. The summed E-state index contributed by atoms with van der Waals surface area (Å²) in [5.41, 5.74) is 2.81. The lowest BCUT2D eigenvalue weighted by atomic mass is 10.0. The third-order valence-electron chi connectivity index (χ3n) is 6.43. The summed E-state index contributed by atoms with van der Waals surface area (Å²) in [7, 11) is -4.29. The van der Waals surface area contributed by atoms with Gasteiger partial charge < -0.3 is 4.90 Å². The highest BCUT2D eigenvalue weighted by Gasteiger charge is 2.69. The van der Waals surface area contributed by atoms with E-state index in [1.807, 2.05) is 31.2 Å². The fourth-order valence-corrected chi connectivity index (χ4v) is 6.76. The van der Waals surface area contributed by atoms with E-state index in [1.165, 1.54) is 17.0 Å². The van der Waals surface area contributed by atoms with Crippen LogP contribution in [0.1, 0.15) is 22.3 Å². The number of hydrogen-bond donors (Lipinski definition) is 0. The van der Waals surface area contributed by atoms with Gasteiger partial charge in [0.05, 0.1) is 12.2 Å². The fraction of sp³-hybridized carbons (Fsp3) is 0.200. The van der Waals surface area contributed by atoms with E-state index in [4.69, 9.17) is 0 Å². The van der Waals surface area contributed by atoms with Crippen LogP contribution in [0.5, 0.6) is 0 Å². The Morgan fingerprint density at radius 1 is 0.939 bits per heavy atom. The van der Waals surface area contributed by atoms with Crippen molar-refractivity contribution in [3.63, 3.8) is 0 Å². The molecule has 0 bridgehead atoms. The van der Waals surface area contributed by atoms with Crippen molar-refractivity contribution in [1.29, 1.82) is 0 Å². The summed E-state index contributed by atoms with van der Waals surface area (Å²) in [6.07, 6.45) is 0. The molecule has 3 aromatic carbocycles. The molecule has 1 fully saturated rings. The highest BCUT2D eigenvalue weighted by molar-refractivity contribution is 7.94. The maximum absolute atomic E-state index is 14.4. The zero-order valence-electron chi connectivity index (χ0n) is 18.1. The maximum atomic E-state index is 14.4. The molecular formula is C25H21FN2O4S. The summed E-state index contributed by atoms with van der Waals surface area (Å²) in [6.45, 7) is 3.62. The number of rotatable bonds is 3. The van der Waals surface area contributed by atoms with Crippen LogP contribution in [0.3, 0.4) is 0 Å². The molecule has 0 aromatic heterocycles. The monoisotopic (exact) mass is 464 g/mol. The van der Waals surface area contributed by atoms with Gasteiger partial charge in [0.2, 0.25) is 5.91 Å². The van der Waals surface area contributed by atoms with Gasteiger partial charge in [-0.15, -0.1) is 0 Å². The van der Waals surface area contributed by atoms with Gasteiger partial charge in [0.15, 0.2) is 9.84 Å². The lowest BCUT2D eigenvalue weighted by molar-refractivity contribution is -0.123. The zero-order chi connectivity index (χ0) is 23.5. The number of aryl methyl sites for hydroxylation is 2. The number of nitrogens with zero attached hydrogens (tertiary/aromatic N) is 2. The van der Waals surface area contributed by atoms with E-state index in [0.717, 1.165) is 22.1 Å². The molecule has 2 aliphatic rings. The van der Waals surface area contributed by atoms with Crippen molar-refractivity contribution in [3.05, 3.63) is 94.8 Å². The van der Waals surface area contributed by atoms with E-state index < -0.39 is 38.1 Å². The first-order valence-corrected chi connectivity index (χ1v) is 12.1. The number of hydrogen-bond acceptors (Lipinski definition) is 4. The summed E-state index contributed by atoms with van der Waals surface area (Å²) in [5, 5.41) is 0. The van der Waals surface area contributed by atoms with E-state index >= 15 is 0 Å². The van der Waals surface area contributed by atoms with Crippen LogP contribution in [0.25, 0.3) is 0 Å². The van der Waals surface area contributed by atoms with Gasteiger partial charge in [-0.3, -0.25) is 14.5 Å². The van der Waals surface area contributed by atoms with Gasteiger partial charge in [-0.1, -0.05) is 48.5 Å². The predicted octanol–water partition coefficient (Wildman–Crippen LogP) is 3.60. The van der Waals surface area contributed by atoms with Crippen LogP contribution in [0.2, 0.25) is 0 Å². The number of benzene rings is 3. The van der Waals surface area contributed by atoms with Gasteiger partial charge in [0, 0.05) is 11.3 Å². The van der Waals surface area contributed by atoms with Gasteiger partial charge >= 0.3 is 0 Å². The van der Waals surface area contributed by atoms with Crippen molar-refractivity contribution < 1.29 is 22.4 Å². The van der Waals surface area contributed by atoms with Crippen LogP contribution in [0, 0.1) is 19.7 Å². The number of fused-ring (bicyclic) bond motifs is 2. The van der Waals surface area contributed by atoms with Crippen molar-refractivity contribution in [2.45, 2.75) is 25.3 Å². The lowest BCUT2D eigenvalue weighted by Crippen LogP contribution is -2.54. The number of carbonyl (C=O) groups excluding carboxylic acids is 2. The van der Waals surface area contributed by atoms with Gasteiger partial charge in [-0.05, 0) is 48.7 Å². The average Bonchev–Trinajstić information content (AvgIpc) is 3.14. The van der Waals surface area contributed by atoms with E-state index in [9.17, 15) is 22.4 Å². The molecule has 2 amide bonds. The summed E-state index contributed by atoms with van der Waals surface area (Å²) >= 11 is 0. The molecule has 0 aliphatic carbocycles. The standard InChI is InChI=1S/C25H21FN2O4S/c1-16-7-3-4-8-18(16)14-27-22-10-6-5-9-20(22)25(24(27)30)28(23(29)15-33(25,31)32)19-12-11-17(2)21(26)13-19/h3-13H,14-15H2,1-2H3/t25-/m0/s1. The summed E-state index contributed by atoms with van der Waals surface area (Å²) in [6, 6.07) is 18.1. The topological polar surface area (TPSA) is 74.8 Å². The Morgan fingerprint density at radius 3 is 2.36 bits per heavy atom. The molecule has 33 heavy (non-hydrogen) atoms. The van der Waals surface area contributed by atoms with Gasteiger partial charge in [0.25, 0.3) is 10.8 Å². The SMILES string of the molecule is Cc1ccc(N2C(=O)CS(=O)(=O)[C@@]23C(=O)N(Cc2ccccc2C)c2ccccc23)cc1F.